The maximum Gasteiger partial charge on any atom is 0.191 e. The molecule has 0 aliphatic carbocycles. The minimum Gasteiger partial charge on any atom is -0.381 e. The Bertz CT molecular complexity index is 524. The number of aliphatic imine (C=N–C) groups is 1. The number of hydrogen-bond acceptors (Lipinski definition) is 3. The maximum absolute atomic E-state index is 5.85. The van der Waals surface area contributed by atoms with Crippen molar-refractivity contribution in [2.75, 3.05) is 26.8 Å². The van der Waals surface area contributed by atoms with E-state index in [4.69, 9.17) is 9.47 Å². The van der Waals surface area contributed by atoms with Crippen LogP contribution < -0.4 is 10.6 Å². The van der Waals surface area contributed by atoms with E-state index in [0.29, 0.717) is 6.61 Å². The Kier molecular flexibility index (Phi) is 11.0. The fourth-order valence-corrected chi connectivity index (χ4v) is 2.27. The number of benzene rings is 1. The number of nitrogens with zero attached hydrogens (tertiary/aromatic N) is 1. The lowest BCUT2D eigenvalue weighted by Crippen LogP contribution is -2.37. The maximum atomic E-state index is 5.85. The average Bonchev–Trinajstić information content (AvgIpc) is 2.61. The molecule has 0 saturated heterocycles. The molecule has 2 N–H and O–H groups in total. The fourth-order valence-electron chi connectivity index (χ4n) is 2.27. The number of nitrogens with one attached hydrogen (secondary N) is 2. The zero-order chi connectivity index (χ0) is 19.3. The van der Waals surface area contributed by atoms with E-state index < -0.39 is 0 Å². The lowest BCUT2D eigenvalue weighted by atomic mass is 10.1. The molecule has 0 fully saturated rings. The normalized spacial score (nSPS) is 12.3. The lowest BCUT2D eigenvalue weighted by Gasteiger charge is -2.19. The van der Waals surface area contributed by atoms with Crippen molar-refractivity contribution in [1.29, 1.82) is 0 Å². The highest BCUT2D eigenvalue weighted by atomic mass is 16.5. The smallest absolute Gasteiger partial charge is 0.191 e. The highest BCUT2D eigenvalue weighted by Crippen LogP contribution is 2.13. The summed E-state index contributed by atoms with van der Waals surface area (Å²) in [5, 5.41) is 6.68. The Morgan fingerprint density at radius 2 is 1.81 bits per heavy atom. The van der Waals surface area contributed by atoms with Crippen LogP contribution in [0.3, 0.4) is 0 Å². The lowest BCUT2D eigenvalue weighted by molar-refractivity contribution is -0.0149. The predicted octanol–water partition coefficient (Wildman–Crippen LogP) is 3.87. The summed E-state index contributed by atoms with van der Waals surface area (Å²) in [4.78, 5) is 4.27. The molecule has 0 saturated carbocycles. The van der Waals surface area contributed by atoms with Gasteiger partial charge < -0.3 is 20.1 Å². The molecule has 1 aromatic rings. The van der Waals surface area contributed by atoms with Crippen molar-refractivity contribution in [3.8, 4) is 0 Å². The van der Waals surface area contributed by atoms with E-state index in [1.165, 1.54) is 17.5 Å². The van der Waals surface area contributed by atoms with Gasteiger partial charge in [-0.25, -0.2) is 0 Å². The molecule has 0 heterocycles. The molecule has 5 nitrogen and oxygen atoms in total. The van der Waals surface area contributed by atoms with Crippen LogP contribution in [0, 0.1) is 0 Å². The Balaban J connectivity index is 2.30. The van der Waals surface area contributed by atoms with Crippen LogP contribution in [0.25, 0.3) is 0 Å². The predicted molar refractivity (Wildman–Crippen MR) is 110 cm³/mol. The molecule has 0 aliphatic rings. The van der Waals surface area contributed by atoms with Gasteiger partial charge in [-0.1, -0.05) is 37.6 Å². The van der Waals surface area contributed by atoms with E-state index in [1.807, 2.05) is 0 Å². The molecular weight excluding hydrogens is 326 g/mol. The first-order chi connectivity index (χ1) is 12.4. The number of ether oxygens (including phenoxy) is 2. The van der Waals surface area contributed by atoms with Crippen molar-refractivity contribution in [3.05, 3.63) is 35.4 Å². The monoisotopic (exact) mass is 363 g/mol. The summed E-state index contributed by atoms with van der Waals surface area (Å²) >= 11 is 0. The fraction of sp³-hybridized carbons (Fsp3) is 0.667. The molecule has 5 heteroatoms. The van der Waals surface area contributed by atoms with Gasteiger partial charge in [0.15, 0.2) is 5.96 Å². The van der Waals surface area contributed by atoms with E-state index in [-0.39, 0.29) is 5.60 Å². The number of guanidine groups is 1. The summed E-state index contributed by atoms with van der Waals surface area (Å²) in [6, 6.07) is 8.46. The van der Waals surface area contributed by atoms with Crippen LogP contribution in [0.5, 0.6) is 0 Å². The highest BCUT2D eigenvalue weighted by Gasteiger charge is 2.10. The van der Waals surface area contributed by atoms with Gasteiger partial charge in [-0.3, -0.25) is 4.99 Å². The molecular formula is C21H37N3O2. The average molecular weight is 364 g/mol. The largest absolute Gasteiger partial charge is 0.381 e. The number of unbranched alkanes of at least 4 members (excludes halogenated alkanes) is 1. The molecule has 1 rings (SSSR count). The quantitative estimate of drug-likeness (QED) is 0.356. The third-order valence-electron chi connectivity index (χ3n) is 3.75. The van der Waals surface area contributed by atoms with Crippen molar-refractivity contribution in [2.24, 2.45) is 4.99 Å². The van der Waals surface area contributed by atoms with Crippen LogP contribution in [-0.4, -0.2) is 38.4 Å². The number of rotatable bonds is 11. The first kappa shape index (κ1) is 22.5. The molecule has 0 bridgehead atoms. The van der Waals surface area contributed by atoms with Crippen molar-refractivity contribution >= 4 is 5.96 Å². The van der Waals surface area contributed by atoms with Gasteiger partial charge in [-0.05, 0) is 44.7 Å². The van der Waals surface area contributed by atoms with E-state index in [0.717, 1.165) is 45.1 Å². The third-order valence-corrected chi connectivity index (χ3v) is 3.75. The molecule has 0 spiro atoms. The standard InChI is InChI=1S/C21H37N3O2/c1-6-7-13-25-14-9-12-23-20(22-5)24-16-18-10-8-11-19(15-18)17-26-21(2,3)4/h8,10-11,15H,6-7,9,12-14,16-17H2,1-5H3,(H2,22,23,24). The zero-order valence-corrected chi connectivity index (χ0v) is 17.2. The van der Waals surface area contributed by atoms with Crippen molar-refractivity contribution in [3.63, 3.8) is 0 Å². The molecule has 1 aromatic carbocycles. The molecule has 0 radical (unpaired) electrons. The summed E-state index contributed by atoms with van der Waals surface area (Å²) in [6.07, 6.45) is 3.29. The molecule has 0 aliphatic heterocycles. The topological polar surface area (TPSA) is 54.9 Å². The van der Waals surface area contributed by atoms with E-state index in [9.17, 15) is 0 Å². The summed E-state index contributed by atoms with van der Waals surface area (Å²) in [7, 11) is 1.79. The van der Waals surface area contributed by atoms with Gasteiger partial charge in [0, 0.05) is 33.4 Å². The Hall–Kier alpha value is -1.59. The van der Waals surface area contributed by atoms with Crippen LogP contribution in [0.2, 0.25) is 0 Å². The molecule has 0 atom stereocenters. The minimum absolute atomic E-state index is 0.125. The van der Waals surface area contributed by atoms with Crippen LogP contribution in [0.15, 0.2) is 29.3 Å². The van der Waals surface area contributed by atoms with E-state index in [1.54, 1.807) is 7.05 Å². The summed E-state index contributed by atoms with van der Waals surface area (Å²) in [5.41, 5.74) is 2.28. The summed E-state index contributed by atoms with van der Waals surface area (Å²) in [6.45, 7) is 12.3. The molecule has 0 aromatic heterocycles. The molecule has 0 unspecified atom stereocenters. The summed E-state index contributed by atoms with van der Waals surface area (Å²) in [5.74, 6) is 0.815. The van der Waals surface area contributed by atoms with Gasteiger partial charge in [0.05, 0.1) is 12.2 Å². The number of hydrogen-bond donors (Lipinski definition) is 2. The van der Waals surface area contributed by atoms with Crippen molar-refractivity contribution in [2.45, 2.75) is 65.7 Å². The van der Waals surface area contributed by atoms with Crippen molar-refractivity contribution < 1.29 is 9.47 Å². The van der Waals surface area contributed by atoms with Crippen LogP contribution in [0.1, 0.15) is 58.1 Å². The van der Waals surface area contributed by atoms with E-state index >= 15 is 0 Å². The van der Waals surface area contributed by atoms with Gasteiger partial charge in [-0.15, -0.1) is 0 Å². The zero-order valence-electron chi connectivity index (χ0n) is 17.2. The third kappa shape index (κ3) is 11.1. The van der Waals surface area contributed by atoms with Gasteiger partial charge in [0.1, 0.15) is 0 Å². The van der Waals surface area contributed by atoms with Crippen LogP contribution in [0.4, 0.5) is 0 Å². The first-order valence-electron chi connectivity index (χ1n) is 9.68. The van der Waals surface area contributed by atoms with Gasteiger partial charge in [0.2, 0.25) is 0 Å². The van der Waals surface area contributed by atoms with Crippen LogP contribution >= 0.6 is 0 Å². The first-order valence-corrected chi connectivity index (χ1v) is 9.68. The van der Waals surface area contributed by atoms with Crippen molar-refractivity contribution in [1.82, 2.24) is 10.6 Å². The Morgan fingerprint density at radius 1 is 1.08 bits per heavy atom. The SMILES string of the molecule is CCCCOCCCNC(=NC)NCc1cccc(COC(C)(C)C)c1. The Morgan fingerprint density at radius 3 is 2.50 bits per heavy atom. The van der Waals surface area contributed by atoms with Gasteiger partial charge in [-0.2, -0.15) is 0 Å². The second-order valence-corrected chi connectivity index (χ2v) is 7.39. The molecule has 26 heavy (non-hydrogen) atoms. The highest BCUT2D eigenvalue weighted by molar-refractivity contribution is 5.79. The van der Waals surface area contributed by atoms with E-state index in [2.05, 4.69) is 67.6 Å². The summed E-state index contributed by atoms with van der Waals surface area (Å²) < 4.78 is 11.4. The molecule has 148 valence electrons. The second-order valence-electron chi connectivity index (χ2n) is 7.39. The minimum atomic E-state index is -0.125. The Labute approximate surface area is 159 Å². The van der Waals surface area contributed by atoms with Gasteiger partial charge >= 0.3 is 0 Å². The van der Waals surface area contributed by atoms with Gasteiger partial charge in [0.25, 0.3) is 0 Å². The molecule has 0 amide bonds. The second kappa shape index (κ2) is 12.7. The van der Waals surface area contributed by atoms with Crippen LogP contribution in [-0.2, 0) is 22.6 Å².